The number of likely N-dealkylation sites (tertiary alicyclic amines) is 1. The zero-order valence-electron chi connectivity index (χ0n) is 15.8. The number of piperidine rings is 1. The van der Waals surface area contributed by atoms with Crippen LogP contribution in [0.2, 0.25) is 0 Å². The van der Waals surface area contributed by atoms with Crippen molar-refractivity contribution in [2.75, 3.05) is 38.1 Å². The number of aryl methyl sites for hydroxylation is 1. The Morgan fingerprint density at radius 1 is 1.19 bits per heavy atom. The van der Waals surface area contributed by atoms with E-state index >= 15 is 0 Å². The number of carbonyl (C=O) groups is 1. The lowest BCUT2D eigenvalue weighted by molar-refractivity contribution is -0.133. The molecule has 6 nitrogen and oxygen atoms in total. The molecule has 0 saturated carbocycles. The number of amides is 2. The smallest absolute Gasteiger partial charge is 0.321 e. The third kappa shape index (κ3) is 4.17. The van der Waals surface area contributed by atoms with E-state index in [4.69, 9.17) is 9.15 Å². The zero-order valence-corrected chi connectivity index (χ0v) is 15.8. The minimum atomic E-state index is -0.137. The van der Waals surface area contributed by atoms with E-state index in [1.54, 1.807) is 12.5 Å². The average Bonchev–Trinajstić information content (AvgIpc) is 3.17. The lowest BCUT2D eigenvalue weighted by Gasteiger charge is -2.47. The second-order valence-electron chi connectivity index (χ2n) is 7.61. The fourth-order valence-corrected chi connectivity index (χ4v) is 4.03. The van der Waals surface area contributed by atoms with Crippen LogP contribution in [-0.2, 0) is 11.3 Å². The Morgan fingerprint density at radius 2 is 2.00 bits per heavy atom. The third-order valence-corrected chi connectivity index (χ3v) is 5.66. The highest BCUT2D eigenvalue weighted by Crippen LogP contribution is 2.31. The maximum absolute atomic E-state index is 12.6. The molecule has 0 unspecified atom stereocenters. The summed E-state index contributed by atoms with van der Waals surface area (Å²) in [5.74, 6) is 0. The van der Waals surface area contributed by atoms with Crippen LogP contribution >= 0.6 is 0 Å². The molecule has 27 heavy (non-hydrogen) atoms. The second-order valence-corrected chi connectivity index (χ2v) is 7.61. The minimum Gasteiger partial charge on any atom is -0.472 e. The van der Waals surface area contributed by atoms with Crippen LogP contribution in [0, 0.1) is 6.92 Å². The number of nitrogens with zero attached hydrogens (tertiary/aromatic N) is 2. The first-order chi connectivity index (χ1) is 13.1. The predicted molar refractivity (Wildman–Crippen MR) is 104 cm³/mol. The maximum atomic E-state index is 12.6. The Morgan fingerprint density at radius 3 is 2.74 bits per heavy atom. The van der Waals surface area contributed by atoms with Crippen LogP contribution in [0.15, 0.2) is 47.3 Å². The third-order valence-electron chi connectivity index (χ3n) is 5.66. The Kier molecular flexibility index (Phi) is 5.18. The van der Waals surface area contributed by atoms with Crippen molar-refractivity contribution >= 4 is 11.7 Å². The van der Waals surface area contributed by atoms with Crippen molar-refractivity contribution in [3.05, 3.63) is 54.0 Å². The number of hydrogen-bond acceptors (Lipinski definition) is 4. The molecule has 3 heterocycles. The van der Waals surface area contributed by atoms with Crippen LogP contribution in [0.5, 0.6) is 0 Å². The number of nitrogens with one attached hydrogen (secondary N) is 1. The van der Waals surface area contributed by atoms with Crippen molar-refractivity contribution in [1.82, 2.24) is 9.80 Å². The lowest BCUT2D eigenvalue weighted by Crippen LogP contribution is -2.57. The summed E-state index contributed by atoms with van der Waals surface area (Å²) in [6, 6.07) is 9.86. The number of rotatable bonds is 3. The molecule has 2 aromatic rings. The minimum absolute atomic E-state index is 0.0230. The van der Waals surface area contributed by atoms with Gasteiger partial charge in [-0.05, 0) is 37.5 Å². The SMILES string of the molecule is Cc1ccccc1NC(=O)N1CCC2(CC1)CN(Cc1ccoc1)CCO2. The molecule has 0 atom stereocenters. The van der Waals surface area contributed by atoms with E-state index in [1.807, 2.05) is 42.2 Å². The van der Waals surface area contributed by atoms with Gasteiger partial charge in [0.25, 0.3) is 0 Å². The van der Waals surface area contributed by atoms with Gasteiger partial charge in [-0.1, -0.05) is 18.2 Å². The van der Waals surface area contributed by atoms with Gasteiger partial charge in [0.1, 0.15) is 0 Å². The van der Waals surface area contributed by atoms with Gasteiger partial charge in [-0.15, -0.1) is 0 Å². The number of anilines is 1. The molecule has 1 spiro atoms. The molecular formula is C21H27N3O3. The molecular weight excluding hydrogens is 342 g/mol. The highest BCUT2D eigenvalue weighted by atomic mass is 16.5. The van der Waals surface area contributed by atoms with Crippen LogP contribution in [0.3, 0.4) is 0 Å². The molecule has 1 aromatic carbocycles. The van der Waals surface area contributed by atoms with Crippen LogP contribution in [-0.4, -0.2) is 54.2 Å². The first kappa shape index (κ1) is 18.1. The summed E-state index contributed by atoms with van der Waals surface area (Å²) in [4.78, 5) is 16.9. The molecule has 0 aliphatic carbocycles. The van der Waals surface area contributed by atoms with E-state index in [-0.39, 0.29) is 11.6 Å². The van der Waals surface area contributed by atoms with E-state index < -0.39 is 0 Å². The molecule has 2 aliphatic rings. The highest BCUT2D eigenvalue weighted by Gasteiger charge is 2.40. The number of para-hydroxylation sites is 1. The predicted octanol–water partition coefficient (Wildman–Crippen LogP) is 3.49. The number of carbonyl (C=O) groups excluding carboxylic acids is 1. The topological polar surface area (TPSA) is 58.0 Å². The largest absolute Gasteiger partial charge is 0.472 e. The van der Waals surface area contributed by atoms with Crippen LogP contribution in [0.25, 0.3) is 0 Å². The summed E-state index contributed by atoms with van der Waals surface area (Å²) in [6.07, 6.45) is 5.27. The van der Waals surface area contributed by atoms with Crippen LogP contribution in [0.4, 0.5) is 10.5 Å². The lowest BCUT2D eigenvalue weighted by atomic mass is 9.89. The molecule has 144 valence electrons. The van der Waals surface area contributed by atoms with Crippen molar-refractivity contribution in [3.8, 4) is 0 Å². The van der Waals surface area contributed by atoms with Gasteiger partial charge in [0, 0.05) is 44.0 Å². The Bertz CT molecular complexity index is 767. The fourth-order valence-electron chi connectivity index (χ4n) is 4.03. The van der Waals surface area contributed by atoms with Crippen molar-refractivity contribution in [2.45, 2.75) is 31.9 Å². The number of furan rings is 1. The Labute approximate surface area is 160 Å². The summed E-state index contributed by atoms with van der Waals surface area (Å²) in [5.41, 5.74) is 3.01. The number of urea groups is 1. The molecule has 2 saturated heterocycles. The van der Waals surface area contributed by atoms with E-state index in [2.05, 4.69) is 10.2 Å². The van der Waals surface area contributed by atoms with Gasteiger partial charge in [-0.2, -0.15) is 0 Å². The maximum Gasteiger partial charge on any atom is 0.321 e. The monoisotopic (exact) mass is 369 g/mol. The van der Waals surface area contributed by atoms with Gasteiger partial charge in [0.15, 0.2) is 0 Å². The van der Waals surface area contributed by atoms with Crippen molar-refractivity contribution in [2.24, 2.45) is 0 Å². The molecule has 2 fully saturated rings. The summed E-state index contributed by atoms with van der Waals surface area (Å²) in [6.45, 7) is 6.92. The first-order valence-corrected chi connectivity index (χ1v) is 9.63. The highest BCUT2D eigenvalue weighted by molar-refractivity contribution is 5.90. The summed E-state index contributed by atoms with van der Waals surface area (Å²) in [7, 11) is 0. The number of morpholine rings is 1. The molecule has 0 bridgehead atoms. The van der Waals surface area contributed by atoms with E-state index in [0.717, 1.165) is 63.4 Å². The second kappa shape index (κ2) is 7.74. The van der Waals surface area contributed by atoms with Crippen molar-refractivity contribution in [1.29, 1.82) is 0 Å². The summed E-state index contributed by atoms with van der Waals surface area (Å²) >= 11 is 0. The van der Waals surface area contributed by atoms with Gasteiger partial charge < -0.3 is 19.4 Å². The number of benzene rings is 1. The molecule has 6 heteroatoms. The molecule has 2 amide bonds. The summed E-state index contributed by atoms with van der Waals surface area (Å²) in [5, 5.41) is 3.04. The fraction of sp³-hybridized carbons (Fsp3) is 0.476. The number of ether oxygens (including phenoxy) is 1. The van der Waals surface area contributed by atoms with Gasteiger partial charge in [0.2, 0.25) is 0 Å². The first-order valence-electron chi connectivity index (χ1n) is 9.63. The quantitative estimate of drug-likeness (QED) is 0.900. The average molecular weight is 369 g/mol. The standard InChI is InChI=1S/C21H27N3O3/c1-17-4-2-3-5-19(17)22-20(25)24-9-7-21(8-10-24)16-23(11-13-27-21)14-18-6-12-26-15-18/h2-6,12,15H,7-11,13-14,16H2,1H3,(H,22,25). The molecule has 1 aromatic heterocycles. The van der Waals surface area contributed by atoms with Crippen LogP contribution < -0.4 is 5.32 Å². The Balaban J connectivity index is 1.32. The van der Waals surface area contributed by atoms with E-state index in [1.165, 1.54) is 5.56 Å². The van der Waals surface area contributed by atoms with Crippen molar-refractivity contribution in [3.63, 3.8) is 0 Å². The van der Waals surface area contributed by atoms with Gasteiger partial charge in [-0.3, -0.25) is 4.90 Å². The van der Waals surface area contributed by atoms with Crippen LogP contribution in [0.1, 0.15) is 24.0 Å². The molecule has 4 rings (SSSR count). The van der Waals surface area contributed by atoms with E-state index in [9.17, 15) is 4.79 Å². The summed E-state index contributed by atoms with van der Waals surface area (Å²) < 4.78 is 11.4. The molecule has 0 radical (unpaired) electrons. The Hall–Kier alpha value is -2.31. The van der Waals surface area contributed by atoms with Gasteiger partial charge in [0.05, 0.1) is 24.7 Å². The van der Waals surface area contributed by atoms with Gasteiger partial charge >= 0.3 is 6.03 Å². The zero-order chi connectivity index (χ0) is 18.7. The normalized spacial score (nSPS) is 20.0. The molecule has 1 N–H and O–H groups in total. The van der Waals surface area contributed by atoms with Crippen molar-refractivity contribution < 1.29 is 13.9 Å². The number of hydrogen-bond donors (Lipinski definition) is 1. The van der Waals surface area contributed by atoms with E-state index in [0.29, 0.717) is 0 Å². The molecule has 2 aliphatic heterocycles. The van der Waals surface area contributed by atoms with Gasteiger partial charge in [-0.25, -0.2) is 4.79 Å².